The Kier molecular flexibility index (Phi) is 6.44. The highest BCUT2D eigenvalue weighted by Gasteiger charge is 2.27. The number of carbonyl (C=O) groups is 1. The molecule has 0 saturated heterocycles. The molecular weight excluding hydrogens is 190 g/mol. The fourth-order valence-corrected chi connectivity index (χ4v) is 1.48. The van der Waals surface area contributed by atoms with Crippen LogP contribution in [0.1, 0.15) is 39.5 Å². The summed E-state index contributed by atoms with van der Waals surface area (Å²) < 4.78 is 5.07. The first-order chi connectivity index (χ1) is 7.14. The maximum absolute atomic E-state index is 11.0. The first-order valence-corrected chi connectivity index (χ1v) is 5.30. The first-order valence-electron chi connectivity index (χ1n) is 5.30. The fraction of sp³-hybridized carbons (Fsp3) is 0.667. The van der Waals surface area contributed by atoms with Gasteiger partial charge in [-0.2, -0.15) is 5.26 Å². The van der Waals surface area contributed by atoms with Gasteiger partial charge in [0.05, 0.1) is 12.7 Å². The zero-order chi connectivity index (χ0) is 11.7. The highest BCUT2D eigenvalue weighted by atomic mass is 16.5. The molecule has 3 nitrogen and oxygen atoms in total. The van der Waals surface area contributed by atoms with Crippen LogP contribution >= 0.6 is 0 Å². The molecule has 0 radical (unpaired) electrons. The van der Waals surface area contributed by atoms with Crippen molar-refractivity contribution in [3.8, 4) is 6.07 Å². The van der Waals surface area contributed by atoms with Crippen LogP contribution < -0.4 is 0 Å². The number of hydrogen-bond acceptors (Lipinski definition) is 3. The maximum atomic E-state index is 11.0. The Bertz CT molecular complexity index is 249. The molecule has 0 amide bonds. The molecule has 0 aromatic carbocycles. The summed E-state index contributed by atoms with van der Waals surface area (Å²) in [5, 5.41) is 8.57. The van der Waals surface area contributed by atoms with Gasteiger partial charge in [-0.05, 0) is 19.3 Å². The van der Waals surface area contributed by atoms with E-state index in [-0.39, 0.29) is 5.41 Å². The van der Waals surface area contributed by atoms with E-state index in [4.69, 9.17) is 10.00 Å². The monoisotopic (exact) mass is 209 g/mol. The van der Waals surface area contributed by atoms with Crippen molar-refractivity contribution in [2.24, 2.45) is 5.41 Å². The lowest BCUT2D eigenvalue weighted by molar-refractivity contribution is -0.141. The van der Waals surface area contributed by atoms with Gasteiger partial charge in [-0.15, -0.1) is 0 Å². The molecule has 0 spiro atoms. The zero-order valence-electron chi connectivity index (χ0n) is 9.58. The second-order valence-electron chi connectivity index (χ2n) is 3.68. The molecule has 0 aromatic rings. The smallest absolute Gasteiger partial charge is 0.330 e. The minimum absolute atomic E-state index is 0.0472. The highest BCUT2D eigenvalue weighted by molar-refractivity contribution is 5.81. The van der Waals surface area contributed by atoms with E-state index >= 15 is 0 Å². The molecule has 0 bridgehead atoms. The summed E-state index contributed by atoms with van der Waals surface area (Å²) in [5.74, 6) is -0.391. The highest BCUT2D eigenvalue weighted by Crippen LogP contribution is 2.32. The van der Waals surface area contributed by atoms with Crippen LogP contribution in [0.4, 0.5) is 0 Å². The van der Waals surface area contributed by atoms with E-state index in [1.165, 1.54) is 6.08 Å². The average molecular weight is 209 g/mol. The lowest BCUT2D eigenvalue weighted by Gasteiger charge is -2.30. The zero-order valence-corrected chi connectivity index (χ0v) is 9.58. The van der Waals surface area contributed by atoms with Crippen LogP contribution in [0.25, 0.3) is 0 Å². The Morgan fingerprint density at radius 3 is 2.53 bits per heavy atom. The Balaban J connectivity index is 4.29. The third-order valence-corrected chi connectivity index (χ3v) is 2.95. The van der Waals surface area contributed by atoms with E-state index in [0.717, 1.165) is 19.3 Å². The number of esters is 1. The third kappa shape index (κ3) is 4.64. The molecule has 0 N–H and O–H groups in total. The van der Waals surface area contributed by atoms with Crippen molar-refractivity contribution in [3.63, 3.8) is 0 Å². The van der Waals surface area contributed by atoms with Crippen LogP contribution in [-0.4, -0.2) is 12.6 Å². The van der Waals surface area contributed by atoms with Crippen LogP contribution in [-0.2, 0) is 9.53 Å². The molecular formula is C12H19NO2. The molecule has 0 atom stereocenters. The summed E-state index contributed by atoms with van der Waals surface area (Å²) in [7, 11) is 0. The molecule has 0 aliphatic rings. The Morgan fingerprint density at radius 1 is 1.53 bits per heavy atom. The largest absolute Gasteiger partial charge is 0.462 e. The molecule has 84 valence electrons. The molecule has 0 fully saturated rings. The summed E-state index contributed by atoms with van der Waals surface area (Å²) in [6, 6.07) is 2.13. The molecule has 0 rings (SSSR count). The lowest BCUT2D eigenvalue weighted by Crippen LogP contribution is -2.26. The third-order valence-electron chi connectivity index (χ3n) is 2.95. The van der Waals surface area contributed by atoms with E-state index in [0.29, 0.717) is 13.0 Å². The van der Waals surface area contributed by atoms with Gasteiger partial charge in [-0.3, -0.25) is 0 Å². The van der Waals surface area contributed by atoms with Gasteiger partial charge < -0.3 is 4.74 Å². The predicted molar refractivity (Wildman–Crippen MR) is 59.0 cm³/mol. The van der Waals surface area contributed by atoms with Gasteiger partial charge in [0.2, 0.25) is 0 Å². The number of ether oxygens (including phenoxy) is 1. The van der Waals surface area contributed by atoms with E-state index in [9.17, 15) is 4.79 Å². The Hall–Kier alpha value is -1.30. The quantitative estimate of drug-likeness (QED) is 0.478. The second-order valence-corrected chi connectivity index (χ2v) is 3.68. The molecule has 3 heteroatoms. The summed E-state index contributed by atoms with van der Waals surface area (Å²) in [6.45, 7) is 7.85. The van der Waals surface area contributed by atoms with E-state index in [1.807, 2.05) is 0 Å². The minimum Gasteiger partial charge on any atom is -0.462 e. The van der Waals surface area contributed by atoms with Crippen LogP contribution in [0.15, 0.2) is 12.7 Å². The van der Waals surface area contributed by atoms with Gasteiger partial charge >= 0.3 is 5.97 Å². The van der Waals surface area contributed by atoms with Crippen molar-refractivity contribution < 1.29 is 9.53 Å². The van der Waals surface area contributed by atoms with Crippen LogP contribution in [0.5, 0.6) is 0 Å². The van der Waals surface area contributed by atoms with E-state index < -0.39 is 5.97 Å². The van der Waals surface area contributed by atoms with Gasteiger partial charge in [0.1, 0.15) is 0 Å². The minimum atomic E-state index is -0.391. The van der Waals surface area contributed by atoms with Crippen molar-refractivity contribution in [1.82, 2.24) is 0 Å². The Labute approximate surface area is 91.7 Å². The van der Waals surface area contributed by atoms with E-state index in [1.54, 1.807) is 0 Å². The fourth-order valence-electron chi connectivity index (χ4n) is 1.48. The number of carbonyl (C=O) groups excluding carboxylic acids is 1. The van der Waals surface area contributed by atoms with E-state index in [2.05, 4.69) is 26.5 Å². The standard InChI is InChI=1S/C12H19NO2/c1-4-11(14)15-10-12(5-2,6-3)8-7-9-13/h4H,1,5-8,10H2,2-3H3. The van der Waals surface area contributed by atoms with Gasteiger partial charge in [0.25, 0.3) is 0 Å². The van der Waals surface area contributed by atoms with Gasteiger partial charge in [-0.1, -0.05) is 20.4 Å². The molecule has 0 saturated carbocycles. The van der Waals surface area contributed by atoms with Gasteiger partial charge in [0, 0.05) is 17.9 Å². The molecule has 0 aliphatic heterocycles. The van der Waals surface area contributed by atoms with Crippen molar-refractivity contribution in [3.05, 3.63) is 12.7 Å². The van der Waals surface area contributed by atoms with Gasteiger partial charge in [-0.25, -0.2) is 4.79 Å². The number of rotatable bonds is 7. The predicted octanol–water partition coefficient (Wildman–Crippen LogP) is 2.83. The number of hydrogen-bond donors (Lipinski definition) is 0. The molecule has 0 unspecified atom stereocenters. The summed E-state index contributed by atoms with van der Waals surface area (Å²) >= 11 is 0. The average Bonchev–Trinajstić information content (AvgIpc) is 2.30. The maximum Gasteiger partial charge on any atom is 0.330 e. The van der Waals surface area contributed by atoms with Crippen LogP contribution in [0.2, 0.25) is 0 Å². The second kappa shape index (κ2) is 7.05. The lowest BCUT2D eigenvalue weighted by atomic mass is 9.79. The van der Waals surface area contributed by atoms with Crippen molar-refractivity contribution in [2.45, 2.75) is 39.5 Å². The number of nitriles is 1. The van der Waals surface area contributed by atoms with Gasteiger partial charge in [0.15, 0.2) is 0 Å². The SMILES string of the molecule is C=CC(=O)OCC(CC)(CC)CCC#N. The van der Waals surface area contributed by atoms with Crippen LogP contribution in [0, 0.1) is 16.7 Å². The van der Waals surface area contributed by atoms with Crippen LogP contribution in [0.3, 0.4) is 0 Å². The van der Waals surface area contributed by atoms with Crippen molar-refractivity contribution in [1.29, 1.82) is 5.26 Å². The first kappa shape index (κ1) is 13.7. The molecule has 15 heavy (non-hydrogen) atoms. The van der Waals surface area contributed by atoms with Crippen molar-refractivity contribution in [2.75, 3.05) is 6.61 Å². The summed E-state index contributed by atoms with van der Waals surface area (Å²) in [5.41, 5.74) is -0.0472. The summed E-state index contributed by atoms with van der Waals surface area (Å²) in [6.07, 6.45) is 4.28. The number of nitrogens with zero attached hydrogens (tertiary/aromatic N) is 1. The normalized spacial score (nSPS) is 10.5. The summed E-state index contributed by atoms with van der Waals surface area (Å²) in [4.78, 5) is 11.0. The molecule has 0 aliphatic carbocycles. The molecule has 0 heterocycles. The van der Waals surface area contributed by atoms with Crippen molar-refractivity contribution >= 4 is 5.97 Å². The topological polar surface area (TPSA) is 50.1 Å². The Morgan fingerprint density at radius 2 is 2.13 bits per heavy atom. The molecule has 0 aromatic heterocycles.